The van der Waals surface area contributed by atoms with Crippen LogP contribution in [0.25, 0.3) is 0 Å². The lowest BCUT2D eigenvalue weighted by Gasteiger charge is -2.35. The molecule has 2 aliphatic heterocycles. The van der Waals surface area contributed by atoms with Crippen molar-refractivity contribution in [1.29, 1.82) is 0 Å². The predicted molar refractivity (Wildman–Crippen MR) is 144 cm³/mol. The molecule has 1 aromatic heterocycles. The minimum Gasteiger partial charge on any atom is -0.497 e. The Balaban J connectivity index is 1.24. The molecule has 182 valence electrons. The van der Waals surface area contributed by atoms with Crippen molar-refractivity contribution in [2.24, 2.45) is 4.99 Å². The fourth-order valence-electron chi connectivity index (χ4n) is 5.45. The summed E-state index contributed by atoms with van der Waals surface area (Å²) in [6.07, 6.45) is 7.29. The number of hydrogen-bond acceptors (Lipinski definition) is 7. The van der Waals surface area contributed by atoms with E-state index < -0.39 is 0 Å². The summed E-state index contributed by atoms with van der Waals surface area (Å²) in [5, 5.41) is 9.83. The molecule has 3 aliphatic rings. The van der Waals surface area contributed by atoms with Gasteiger partial charge < -0.3 is 20.3 Å². The Morgan fingerprint density at radius 3 is 2.74 bits per heavy atom. The van der Waals surface area contributed by atoms with E-state index in [0.717, 1.165) is 66.1 Å². The second kappa shape index (κ2) is 9.99. The van der Waals surface area contributed by atoms with E-state index in [1.54, 1.807) is 7.11 Å². The second-order valence-electron chi connectivity index (χ2n) is 9.77. The number of para-hydroxylation sites is 2. The molecule has 7 heteroatoms. The van der Waals surface area contributed by atoms with Crippen molar-refractivity contribution < 1.29 is 4.74 Å². The number of piperazine rings is 1. The number of anilines is 2. The number of rotatable bonds is 5. The molecule has 2 aromatic carbocycles. The Morgan fingerprint density at radius 2 is 1.91 bits per heavy atom. The van der Waals surface area contributed by atoms with Crippen molar-refractivity contribution in [3.8, 4) is 5.75 Å². The Morgan fingerprint density at radius 1 is 1.09 bits per heavy atom. The Hall–Kier alpha value is -2.90. The highest BCUT2D eigenvalue weighted by molar-refractivity contribution is 7.16. The van der Waals surface area contributed by atoms with Gasteiger partial charge in [0, 0.05) is 31.6 Å². The lowest BCUT2D eigenvalue weighted by atomic mass is 10.0. The molecule has 1 atom stereocenters. The average molecular weight is 488 g/mol. The molecule has 0 amide bonds. The molecule has 35 heavy (non-hydrogen) atoms. The van der Waals surface area contributed by atoms with Gasteiger partial charge in [0.15, 0.2) is 5.84 Å². The molecule has 1 aliphatic carbocycles. The summed E-state index contributed by atoms with van der Waals surface area (Å²) in [5.74, 6) is 2.53. The molecule has 1 saturated heterocycles. The number of fused-ring (bicyclic) bond motifs is 2. The number of thiazole rings is 1. The van der Waals surface area contributed by atoms with E-state index in [-0.39, 0.29) is 0 Å². The van der Waals surface area contributed by atoms with Gasteiger partial charge in [0.25, 0.3) is 0 Å². The monoisotopic (exact) mass is 487 g/mol. The molecule has 3 aromatic rings. The molecule has 0 bridgehead atoms. The van der Waals surface area contributed by atoms with E-state index >= 15 is 0 Å². The van der Waals surface area contributed by atoms with Crippen LogP contribution in [0.15, 0.2) is 53.5 Å². The van der Waals surface area contributed by atoms with Crippen LogP contribution in [0.1, 0.15) is 54.3 Å². The van der Waals surface area contributed by atoms with Gasteiger partial charge in [-0.3, -0.25) is 0 Å². The van der Waals surface area contributed by atoms with Crippen LogP contribution in [0, 0.1) is 0 Å². The molecule has 0 spiro atoms. The molecule has 0 radical (unpaired) electrons. The maximum Gasteiger partial charge on any atom is 0.158 e. The number of nitrogens with zero attached hydrogens (tertiary/aromatic N) is 3. The Bertz CT molecular complexity index is 1200. The second-order valence-corrected chi connectivity index (χ2v) is 10.8. The van der Waals surface area contributed by atoms with E-state index in [1.807, 2.05) is 23.5 Å². The first-order valence-corrected chi connectivity index (χ1v) is 13.7. The van der Waals surface area contributed by atoms with Gasteiger partial charge in [-0.1, -0.05) is 37.1 Å². The van der Waals surface area contributed by atoms with Gasteiger partial charge in [0.05, 0.1) is 23.5 Å². The largest absolute Gasteiger partial charge is 0.497 e. The van der Waals surface area contributed by atoms with Crippen molar-refractivity contribution in [2.75, 3.05) is 32.1 Å². The first kappa shape index (κ1) is 22.6. The summed E-state index contributed by atoms with van der Waals surface area (Å²) in [7, 11) is 1.71. The first-order valence-electron chi connectivity index (χ1n) is 12.8. The van der Waals surface area contributed by atoms with Crippen LogP contribution in [-0.2, 0) is 6.42 Å². The van der Waals surface area contributed by atoms with Gasteiger partial charge in [0.2, 0.25) is 0 Å². The number of aromatic nitrogens is 1. The minimum absolute atomic E-state index is 0.413. The number of nitrogens with one attached hydrogen (secondary N) is 2. The summed E-state index contributed by atoms with van der Waals surface area (Å²) in [5.41, 5.74) is 4.43. The van der Waals surface area contributed by atoms with E-state index in [0.29, 0.717) is 12.0 Å². The van der Waals surface area contributed by atoms with Crippen LogP contribution in [-0.4, -0.2) is 48.5 Å². The fraction of sp³-hybridized carbons (Fsp3) is 0.429. The standard InChI is InChI=1S/C28H33N5OS/c1-34-22-14-11-19(12-15-22)10-13-21-18-33(17-16-29-21)26-25-28(31-24-9-5-4-8-23(24)30-26)35-27(32-25)20-6-2-3-7-20/h4-5,8-9,11-12,14-15,20-21,29,31H,2-3,6-7,10,13,16-18H2,1H3/t21-/m0/s1. The third kappa shape index (κ3) is 4.80. The van der Waals surface area contributed by atoms with Crippen LogP contribution in [0.4, 0.5) is 16.4 Å². The van der Waals surface area contributed by atoms with Crippen LogP contribution >= 0.6 is 11.3 Å². The highest BCUT2D eigenvalue weighted by Crippen LogP contribution is 2.43. The van der Waals surface area contributed by atoms with Crippen molar-refractivity contribution in [3.05, 3.63) is 64.8 Å². The zero-order valence-corrected chi connectivity index (χ0v) is 21.1. The number of hydrogen-bond donors (Lipinski definition) is 2. The van der Waals surface area contributed by atoms with E-state index in [1.165, 1.54) is 36.3 Å². The summed E-state index contributed by atoms with van der Waals surface area (Å²) in [6, 6.07) is 17.2. The van der Waals surface area contributed by atoms with E-state index in [4.69, 9.17) is 14.7 Å². The van der Waals surface area contributed by atoms with E-state index in [9.17, 15) is 0 Å². The SMILES string of the molecule is COc1ccc(CC[C@H]2CN(C3=Nc4ccccc4Nc4sc(C5CCCC5)nc43)CCN2)cc1. The molecule has 0 unspecified atom stereocenters. The van der Waals surface area contributed by atoms with Gasteiger partial charge in [-0.05, 0) is 55.5 Å². The zero-order valence-electron chi connectivity index (χ0n) is 20.3. The number of aliphatic imine (C=N–C) groups is 1. The number of ether oxygens (including phenoxy) is 1. The molecule has 3 heterocycles. The normalized spacial score (nSPS) is 20.0. The summed E-state index contributed by atoms with van der Waals surface area (Å²) >= 11 is 1.83. The summed E-state index contributed by atoms with van der Waals surface area (Å²) < 4.78 is 5.30. The van der Waals surface area contributed by atoms with Crippen molar-refractivity contribution in [2.45, 2.75) is 50.5 Å². The van der Waals surface area contributed by atoms with E-state index in [2.05, 4.69) is 51.9 Å². The van der Waals surface area contributed by atoms with Crippen LogP contribution in [0.3, 0.4) is 0 Å². The van der Waals surface area contributed by atoms with Crippen LogP contribution in [0.2, 0.25) is 0 Å². The zero-order chi connectivity index (χ0) is 23.6. The average Bonchev–Trinajstić information content (AvgIpc) is 3.55. The molecular formula is C28H33N5OS. The minimum atomic E-state index is 0.413. The highest BCUT2D eigenvalue weighted by Gasteiger charge is 2.31. The number of methoxy groups -OCH3 is 1. The van der Waals surface area contributed by atoms with Gasteiger partial charge in [-0.2, -0.15) is 0 Å². The lowest BCUT2D eigenvalue weighted by Crippen LogP contribution is -2.53. The lowest BCUT2D eigenvalue weighted by molar-refractivity contribution is 0.282. The molecule has 2 fully saturated rings. The van der Waals surface area contributed by atoms with Crippen molar-refractivity contribution in [1.82, 2.24) is 15.2 Å². The maximum absolute atomic E-state index is 5.30. The van der Waals surface area contributed by atoms with Crippen molar-refractivity contribution >= 4 is 33.5 Å². The molecule has 2 N–H and O–H groups in total. The Kier molecular flexibility index (Phi) is 6.44. The third-order valence-corrected chi connectivity index (χ3v) is 8.57. The summed E-state index contributed by atoms with van der Waals surface area (Å²) in [4.78, 5) is 12.9. The van der Waals surface area contributed by atoms with Gasteiger partial charge in [0.1, 0.15) is 16.4 Å². The quantitative estimate of drug-likeness (QED) is 0.473. The van der Waals surface area contributed by atoms with Crippen LogP contribution in [0.5, 0.6) is 5.75 Å². The third-order valence-electron chi connectivity index (χ3n) is 7.43. The molecule has 6 rings (SSSR count). The first-order chi connectivity index (χ1) is 17.3. The van der Waals surface area contributed by atoms with Gasteiger partial charge in [-0.25, -0.2) is 9.98 Å². The van der Waals surface area contributed by atoms with Crippen LogP contribution < -0.4 is 15.4 Å². The molecule has 6 nitrogen and oxygen atoms in total. The topological polar surface area (TPSA) is 61.8 Å². The molecular weight excluding hydrogens is 454 g/mol. The fourth-order valence-corrected chi connectivity index (χ4v) is 6.59. The van der Waals surface area contributed by atoms with Crippen molar-refractivity contribution in [3.63, 3.8) is 0 Å². The number of aryl methyl sites for hydroxylation is 1. The highest BCUT2D eigenvalue weighted by atomic mass is 32.1. The summed E-state index contributed by atoms with van der Waals surface area (Å²) in [6.45, 7) is 2.83. The molecule has 1 saturated carbocycles. The van der Waals surface area contributed by atoms with Gasteiger partial charge in [-0.15, -0.1) is 11.3 Å². The predicted octanol–water partition coefficient (Wildman–Crippen LogP) is 5.85. The number of benzene rings is 2. The smallest absolute Gasteiger partial charge is 0.158 e. The maximum atomic E-state index is 5.30. The number of amidine groups is 1. The van der Waals surface area contributed by atoms with Gasteiger partial charge >= 0.3 is 0 Å². The Labute approximate surface area is 211 Å².